The molecule has 0 amide bonds. The van der Waals surface area contributed by atoms with E-state index < -0.39 is 25.5 Å². The number of rotatable bonds is 9. The minimum atomic E-state index is -3.01. The van der Waals surface area contributed by atoms with E-state index in [2.05, 4.69) is 9.80 Å². The van der Waals surface area contributed by atoms with E-state index in [1.54, 1.807) is 7.11 Å². The first kappa shape index (κ1) is 24.0. The Morgan fingerprint density at radius 2 is 1.43 bits per heavy atom. The third-order valence-electron chi connectivity index (χ3n) is 6.15. The molecule has 2 atom stereocenters. The quantitative estimate of drug-likeness (QED) is 0.493. The van der Waals surface area contributed by atoms with Crippen LogP contribution in [0.15, 0.2) is 0 Å². The Labute approximate surface area is 170 Å². The summed E-state index contributed by atoms with van der Waals surface area (Å²) in [6.07, 6.45) is 5.78. The van der Waals surface area contributed by atoms with Crippen molar-refractivity contribution in [2.24, 2.45) is 11.8 Å². The minimum Gasteiger partial charge on any atom is -0.365 e. The highest BCUT2D eigenvalue weighted by Crippen LogP contribution is 2.38. The molecule has 0 spiro atoms. The molecule has 2 rings (SSSR count). The molecule has 0 saturated carbocycles. The largest absolute Gasteiger partial charge is 0.365 e. The molecule has 2 heterocycles. The molecule has 2 unspecified atom stereocenters. The molecular formula is C18H36N2O6S2. The molecule has 0 radical (unpaired) electrons. The lowest BCUT2D eigenvalue weighted by atomic mass is 9.77. The van der Waals surface area contributed by atoms with E-state index in [9.17, 15) is 21.9 Å². The fraction of sp³-hybridized carbons (Fsp3) is 1.00. The van der Waals surface area contributed by atoms with Crippen LogP contribution in [0.1, 0.15) is 25.7 Å². The van der Waals surface area contributed by atoms with Gasteiger partial charge in [-0.2, -0.15) is 0 Å². The fourth-order valence-corrected chi connectivity index (χ4v) is 5.60. The molecule has 2 aliphatic rings. The molecule has 10 heteroatoms. The maximum absolute atomic E-state index is 11.5. The number of sulfone groups is 2. The molecule has 0 aromatic rings. The normalized spacial score (nSPS) is 26.2. The van der Waals surface area contributed by atoms with E-state index in [0.717, 1.165) is 45.3 Å². The minimum absolute atomic E-state index is 0.00755. The predicted octanol–water partition coefficient (Wildman–Crippen LogP) is -0.165. The van der Waals surface area contributed by atoms with Gasteiger partial charge in [-0.05, 0) is 45.3 Å². The van der Waals surface area contributed by atoms with E-state index in [0.29, 0.717) is 19.6 Å². The van der Waals surface area contributed by atoms with E-state index in [1.165, 1.54) is 12.5 Å². The summed E-state index contributed by atoms with van der Waals surface area (Å²) in [7, 11) is -4.43. The molecule has 2 fully saturated rings. The summed E-state index contributed by atoms with van der Waals surface area (Å²) in [6.45, 7) is 3.98. The number of methoxy groups -OCH3 is 1. The summed E-state index contributed by atoms with van der Waals surface area (Å²) in [4.78, 5) is 4.24. The smallest absolute Gasteiger partial charge is 0.172 e. The van der Waals surface area contributed by atoms with Crippen LogP contribution in [0, 0.1) is 11.8 Å². The summed E-state index contributed by atoms with van der Waals surface area (Å²) < 4.78 is 51.3. The first-order chi connectivity index (χ1) is 12.9. The van der Waals surface area contributed by atoms with Crippen molar-refractivity contribution in [3.05, 3.63) is 0 Å². The number of piperidine rings is 2. The van der Waals surface area contributed by atoms with Crippen molar-refractivity contribution < 1.29 is 26.7 Å². The molecular weight excluding hydrogens is 404 g/mol. The number of aliphatic hydroxyl groups is 1. The van der Waals surface area contributed by atoms with E-state index in [1.807, 2.05) is 0 Å². The van der Waals surface area contributed by atoms with Crippen LogP contribution >= 0.6 is 0 Å². The number of nitrogens with zero attached hydrogens (tertiary/aromatic N) is 2. The topological polar surface area (TPSA) is 104 Å². The van der Waals surface area contributed by atoms with Gasteiger partial charge in [0.1, 0.15) is 19.7 Å². The third kappa shape index (κ3) is 7.21. The monoisotopic (exact) mass is 440 g/mol. The maximum Gasteiger partial charge on any atom is 0.172 e. The highest BCUT2D eigenvalue weighted by atomic mass is 32.2. The van der Waals surface area contributed by atoms with Gasteiger partial charge in [0.05, 0.1) is 11.5 Å². The zero-order valence-electron chi connectivity index (χ0n) is 17.3. The summed E-state index contributed by atoms with van der Waals surface area (Å²) in [5.41, 5.74) is 0. The van der Waals surface area contributed by atoms with Gasteiger partial charge >= 0.3 is 0 Å². The summed E-state index contributed by atoms with van der Waals surface area (Å²) >= 11 is 0. The summed E-state index contributed by atoms with van der Waals surface area (Å²) in [5.74, 6) is -1.01. The van der Waals surface area contributed by atoms with Crippen LogP contribution in [0.5, 0.6) is 0 Å². The average molecular weight is 441 g/mol. The average Bonchev–Trinajstić information content (AvgIpc) is 2.63. The molecule has 0 aromatic heterocycles. The van der Waals surface area contributed by atoms with Crippen LogP contribution in [-0.2, 0) is 24.4 Å². The van der Waals surface area contributed by atoms with Gasteiger partial charge in [-0.3, -0.25) is 0 Å². The Morgan fingerprint density at radius 3 is 1.93 bits per heavy atom. The van der Waals surface area contributed by atoms with Crippen molar-refractivity contribution in [1.82, 2.24) is 9.80 Å². The predicted molar refractivity (Wildman–Crippen MR) is 110 cm³/mol. The van der Waals surface area contributed by atoms with Crippen LogP contribution in [0.4, 0.5) is 0 Å². The molecule has 1 N–H and O–H groups in total. The van der Waals surface area contributed by atoms with Crippen molar-refractivity contribution >= 4 is 19.7 Å². The Kier molecular flexibility index (Phi) is 8.32. The Bertz CT molecular complexity index is 704. The number of likely N-dealkylation sites (tertiary alicyclic amines) is 2. The zero-order chi connectivity index (χ0) is 21.0. The van der Waals surface area contributed by atoms with E-state index in [-0.39, 0.29) is 23.3 Å². The molecule has 166 valence electrons. The van der Waals surface area contributed by atoms with Gasteiger partial charge < -0.3 is 19.6 Å². The first-order valence-electron chi connectivity index (χ1n) is 10.0. The number of ether oxygens (including phenoxy) is 1. The van der Waals surface area contributed by atoms with Crippen molar-refractivity contribution in [2.75, 3.05) is 70.4 Å². The van der Waals surface area contributed by atoms with Gasteiger partial charge in [-0.1, -0.05) is 0 Å². The van der Waals surface area contributed by atoms with Crippen LogP contribution in [0.25, 0.3) is 0 Å². The Balaban J connectivity index is 1.93. The van der Waals surface area contributed by atoms with Crippen LogP contribution in [-0.4, -0.2) is 108 Å². The van der Waals surface area contributed by atoms with E-state index in [4.69, 9.17) is 4.74 Å². The lowest BCUT2D eigenvalue weighted by Gasteiger charge is -2.47. The highest BCUT2D eigenvalue weighted by molar-refractivity contribution is 7.90. The van der Waals surface area contributed by atoms with Crippen LogP contribution < -0.4 is 0 Å². The maximum atomic E-state index is 11.5. The van der Waals surface area contributed by atoms with Gasteiger partial charge in [0.15, 0.2) is 5.79 Å². The van der Waals surface area contributed by atoms with Crippen molar-refractivity contribution in [2.45, 2.75) is 31.5 Å². The van der Waals surface area contributed by atoms with Gasteiger partial charge in [-0.15, -0.1) is 0 Å². The summed E-state index contributed by atoms with van der Waals surface area (Å²) in [5, 5.41) is 11.4. The second-order valence-corrected chi connectivity index (χ2v) is 13.0. The molecule has 8 nitrogen and oxygen atoms in total. The molecule has 0 aliphatic carbocycles. The van der Waals surface area contributed by atoms with Gasteiger partial charge in [-0.25, -0.2) is 16.8 Å². The first-order valence-corrected chi connectivity index (χ1v) is 14.1. The number of hydrogen-bond acceptors (Lipinski definition) is 8. The van der Waals surface area contributed by atoms with Crippen LogP contribution in [0.3, 0.4) is 0 Å². The van der Waals surface area contributed by atoms with Crippen LogP contribution in [0.2, 0.25) is 0 Å². The second kappa shape index (κ2) is 9.70. The second-order valence-electron chi connectivity index (χ2n) is 8.47. The van der Waals surface area contributed by atoms with Crippen molar-refractivity contribution in [3.8, 4) is 0 Å². The Morgan fingerprint density at radius 1 is 0.893 bits per heavy atom. The lowest BCUT2D eigenvalue weighted by molar-refractivity contribution is -0.268. The molecule has 0 aromatic carbocycles. The van der Waals surface area contributed by atoms with Crippen molar-refractivity contribution in [1.29, 1.82) is 0 Å². The zero-order valence-corrected chi connectivity index (χ0v) is 19.0. The molecule has 2 saturated heterocycles. The third-order valence-corrected chi connectivity index (χ3v) is 7.99. The van der Waals surface area contributed by atoms with Gasteiger partial charge in [0.2, 0.25) is 0 Å². The SMILES string of the molecule is COC(O)(C1CCN(CCS(C)(=O)=O)CC1)C1CCCN(CCS(C)(=O)=O)C1. The van der Waals surface area contributed by atoms with Crippen molar-refractivity contribution in [3.63, 3.8) is 0 Å². The highest BCUT2D eigenvalue weighted by Gasteiger charge is 2.46. The standard InChI is InChI=1S/C18H36N2O6S2/c1-26-18(21,16-6-9-19(10-7-16)11-13-27(2,22)23)17-5-4-8-20(15-17)12-14-28(3,24)25/h16-17,21H,4-15H2,1-3H3. The van der Waals surface area contributed by atoms with Gasteiger partial charge in [0.25, 0.3) is 0 Å². The molecule has 28 heavy (non-hydrogen) atoms. The lowest BCUT2D eigenvalue weighted by Crippen LogP contribution is -2.56. The van der Waals surface area contributed by atoms with Gasteiger partial charge in [0, 0.05) is 51.1 Å². The van der Waals surface area contributed by atoms with E-state index >= 15 is 0 Å². The molecule has 2 aliphatic heterocycles. The molecule has 0 bridgehead atoms. The summed E-state index contributed by atoms with van der Waals surface area (Å²) in [6, 6.07) is 0. The Hall–Kier alpha value is -0.260. The number of hydrogen-bond donors (Lipinski definition) is 1. The fourth-order valence-electron chi connectivity index (χ4n) is 4.42.